The van der Waals surface area contributed by atoms with Gasteiger partial charge in [0.15, 0.2) is 0 Å². The second-order valence-electron chi connectivity index (χ2n) is 7.11. The monoisotopic (exact) mass is 385 g/mol. The van der Waals surface area contributed by atoms with Crippen LogP contribution in [-0.2, 0) is 0 Å². The molecule has 1 aromatic carbocycles. The summed E-state index contributed by atoms with van der Waals surface area (Å²) >= 11 is 4.66. The molecule has 0 fully saturated rings. The van der Waals surface area contributed by atoms with E-state index in [1.807, 2.05) is 0 Å². The van der Waals surface area contributed by atoms with E-state index in [9.17, 15) is 0 Å². The van der Waals surface area contributed by atoms with Crippen molar-refractivity contribution in [2.75, 3.05) is 25.1 Å². The highest BCUT2D eigenvalue weighted by Crippen LogP contribution is 2.40. The molecule has 1 N–H and O–H groups in total. The van der Waals surface area contributed by atoms with Crippen molar-refractivity contribution in [3.63, 3.8) is 0 Å². The largest absolute Gasteiger partial charge is 0.495 e. The molecule has 1 heterocycles. The van der Waals surface area contributed by atoms with Gasteiger partial charge in [-0.2, -0.15) is 5.10 Å². The molecule has 2 aromatic rings. The highest BCUT2D eigenvalue weighted by atomic mass is 32.1. The molecule has 0 aliphatic heterocycles. The zero-order valence-electron chi connectivity index (χ0n) is 16.9. The van der Waals surface area contributed by atoms with Crippen LogP contribution in [0.5, 0.6) is 5.75 Å². The fourth-order valence-corrected chi connectivity index (χ4v) is 4.32. The van der Waals surface area contributed by atoms with E-state index in [0.29, 0.717) is 5.92 Å². The van der Waals surface area contributed by atoms with Gasteiger partial charge in [-0.3, -0.25) is 5.10 Å². The fraction of sp³-hybridized carbons (Fsp3) is 0.500. The number of anilines is 1. The Morgan fingerprint density at radius 2 is 2.04 bits per heavy atom. The number of nitrogens with one attached hydrogen (secondary N) is 1. The minimum Gasteiger partial charge on any atom is -0.495 e. The average Bonchev–Trinajstić information content (AvgIpc) is 3.10. The Bertz CT molecular complexity index is 808. The van der Waals surface area contributed by atoms with E-state index in [-0.39, 0.29) is 0 Å². The number of ether oxygens (including phenoxy) is 1. The predicted octanol–water partition coefficient (Wildman–Crippen LogP) is 5.81. The van der Waals surface area contributed by atoms with E-state index in [0.717, 1.165) is 52.8 Å². The molecule has 27 heavy (non-hydrogen) atoms. The van der Waals surface area contributed by atoms with E-state index < -0.39 is 0 Å². The van der Waals surface area contributed by atoms with Crippen LogP contribution in [0.1, 0.15) is 52.1 Å². The van der Waals surface area contributed by atoms with Gasteiger partial charge in [-0.1, -0.05) is 19.1 Å². The summed E-state index contributed by atoms with van der Waals surface area (Å²) in [6, 6.07) is 6.37. The van der Waals surface area contributed by atoms with Crippen LogP contribution in [0.15, 0.2) is 29.3 Å². The van der Waals surface area contributed by atoms with Gasteiger partial charge in [0.25, 0.3) is 0 Å². The lowest BCUT2D eigenvalue weighted by Gasteiger charge is -2.24. The minimum atomic E-state index is 0.662. The van der Waals surface area contributed by atoms with E-state index in [1.54, 1.807) is 7.11 Å². The maximum Gasteiger partial charge on any atom is 0.142 e. The van der Waals surface area contributed by atoms with Crippen molar-refractivity contribution < 1.29 is 4.74 Å². The molecule has 0 radical (unpaired) electrons. The number of allylic oxidation sites excluding steroid dienone is 2. The Kier molecular flexibility index (Phi) is 6.53. The minimum absolute atomic E-state index is 0.662. The first-order valence-electron chi connectivity index (χ1n) is 10.0. The van der Waals surface area contributed by atoms with Crippen LogP contribution in [0.2, 0.25) is 0 Å². The van der Waals surface area contributed by atoms with Crippen molar-refractivity contribution in [2.45, 2.75) is 51.5 Å². The van der Waals surface area contributed by atoms with E-state index >= 15 is 0 Å². The lowest BCUT2D eigenvalue weighted by Crippen LogP contribution is -2.22. The number of benzene rings is 1. The fourth-order valence-electron chi connectivity index (χ4n) is 4.03. The van der Waals surface area contributed by atoms with Gasteiger partial charge in [-0.05, 0) is 68.7 Å². The number of rotatable bonds is 7. The first-order valence-corrected chi connectivity index (χ1v) is 10.5. The van der Waals surface area contributed by atoms with Gasteiger partial charge in [-0.15, -0.1) is 12.6 Å². The molecule has 4 nitrogen and oxygen atoms in total. The number of aromatic nitrogens is 2. The van der Waals surface area contributed by atoms with Crippen molar-refractivity contribution >= 4 is 23.9 Å². The summed E-state index contributed by atoms with van der Waals surface area (Å²) < 4.78 is 5.61. The van der Waals surface area contributed by atoms with Gasteiger partial charge >= 0.3 is 0 Å². The maximum atomic E-state index is 5.61. The molecule has 1 aromatic heterocycles. The molecule has 0 saturated carbocycles. The van der Waals surface area contributed by atoms with Gasteiger partial charge in [0.05, 0.1) is 18.5 Å². The summed E-state index contributed by atoms with van der Waals surface area (Å²) in [4.78, 5) is 2.31. The molecular weight excluding hydrogens is 354 g/mol. The maximum absolute atomic E-state index is 5.61. The van der Waals surface area contributed by atoms with Crippen LogP contribution in [0.25, 0.3) is 16.7 Å². The molecule has 1 aliphatic carbocycles. The van der Waals surface area contributed by atoms with Gasteiger partial charge in [0.1, 0.15) is 10.8 Å². The zero-order chi connectivity index (χ0) is 19.4. The Morgan fingerprint density at radius 3 is 2.70 bits per heavy atom. The summed E-state index contributed by atoms with van der Waals surface area (Å²) in [6.45, 7) is 8.47. The summed E-state index contributed by atoms with van der Waals surface area (Å²) in [7, 11) is 1.73. The van der Waals surface area contributed by atoms with Crippen LogP contribution in [-0.4, -0.2) is 30.4 Å². The molecule has 1 atom stereocenters. The Balaban J connectivity index is 2.09. The smallest absolute Gasteiger partial charge is 0.142 e. The number of nitrogens with zero attached hydrogens (tertiary/aromatic N) is 2. The van der Waals surface area contributed by atoms with E-state index in [1.165, 1.54) is 24.8 Å². The second-order valence-corrected chi connectivity index (χ2v) is 7.53. The SMILES string of the molecule is CCC1C=C(c2[nH]nc(S)c2-c2ccc(OC)c(N(CC)CC)c2)CCC1. The summed E-state index contributed by atoms with van der Waals surface area (Å²) in [5.74, 6) is 1.56. The molecule has 5 heteroatoms. The molecule has 146 valence electrons. The van der Waals surface area contributed by atoms with Crippen LogP contribution >= 0.6 is 12.6 Å². The Hall–Kier alpha value is -1.88. The van der Waals surface area contributed by atoms with Crippen LogP contribution in [0.3, 0.4) is 0 Å². The van der Waals surface area contributed by atoms with Gasteiger partial charge in [0, 0.05) is 18.7 Å². The third-order valence-electron chi connectivity index (χ3n) is 5.62. The second kappa shape index (κ2) is 8.87. The standard InChI is InChI=1S/C22H31N3OS/c1-5-15-9-8-10-17(13-15)21-20(22(27)24-23-21)16-11-12-19(26-4)18(14-16)25(6-2)7-3/h11-15H,5-10H2,1-4H3,(H2,23,24,27). The number of hydrogen-bond donors (Lipinski definition) is 2. The molecule has 1 aliphatic rings. The highest BCUT2D eigenvalue weighted by Gasteiger charge is 2.21. The van der Waals surface area contributed by atoms with Crippen molar-refractivity contribution in [1.82, 2.24) is 10.2 Å². The van der Waals surface area contributed by atoms with Crippen LogP contribution in [0.4, 0.5) is 5.69 Å². The number of aromatic amines is 1. The topological polar surface area (TPSA) is 41.1 Å². The normalized spacial score (nSPS) is 16.9. The van der Waals surface area contributed by atoms with E-state index in [2.05, 4.69) is 72.8 Å². The summed E-state index contributed by atoms with van der Waals surface area (Å²) in [5.41, 5.74) is 5.83. The van der Waals surface area contributed by atoms with Crippen molar-refractivity contribution in [3.05, 3.63) is 30.0 Å². The quantitative estimate of drug-likeness (QED) is 0.591. The number of hydrogen-bond acceptors (Lipinski definition) is 4. The molecule has 0 spiro atoms. The molecule has 0 saturated heterocycles. The molecule has 0 bridgehead atoms. The van der Waals surface area contributed by atoms with Gasteiger partial charge in [0.2, 0.25) is 0 Å². The van der Waals surface area contributed by atoms with Crippen molar-refractivity contribution in [3.8, 4) is 16.9 Å². The zero-order valence-corrected chi connectivity index (χ0v) is 17.8. The number of methoxy groups -OCH3 is 1. The van der Waals surface area contributed by atoms with Gasteiger partial charge < -0.3 is 9.64 Å². The Morgan fingerprint density at radius 1 is 1.26 bits per heavy atom. The predicted molar refractivity (Wildman–Crippen MR) is 117 cm³/mol. The van der Waals surface area contributed by atoms with Crippen LogP contribution < -0.4 is 9.64 Å². The van der Waals surface area contributed by atoms with E-state index in [4.69, 9.17) is 4.74 Å². The third kappa shape index (κ3) is 4.03. The lowest BCUT2D eigenvalue weighted by atomic mass is 9.86. The number of H-pyrrole nitrogens is 1. The summed E-state index contributed by atoms with van der Waals surface area (Å²) in [6.07, 6.45) is 7.24. The third-order valence-corrected chi connectivity index (χ3v) is 5.95. The van der Waals surface area contributed by atoms with Crippen molar-refractivity contribution in [2.24, 2.45) is 5.92 Å². The average molecular weight is 386 g/mol. The lowest BCUT2D eigenvalue weighted by molar-refractivity contribution is 0.414. The molecule has 0 amide bonds. The van der Waals surface area contributed by atoms with Crippen molar-refractivity contribution in [1.29, 1.82) is 0 Å². The first kappa shape index (κ1) is 19.9. The highest BCUT2D eigenvalue weighted by molar-refractivity contribution is 7.80. The Labute approximate surface area is 168 Å². The summed E-state index contributed by atoms with van der Waals surface area (Å²) in [5, 5.41) is 8.43. The molecule has 1 unspecified atom stereocenters. The molecule has 3 rings (SSSR count). The van der Waals surface area contributed by atoms with Gasteiger partial charge in [-0.25, -0.2) is 0 Å². The first-order chi connectivity index (χ1) is 13.1. The molecular formula is C22H31N3OS. The van der Waals surface area contributed by atoms with Crippen LogP contribution in [0, 0.1) is 5.92 Å². The number of thiol groups is 1.